The molecule has 4 N–H and O–H groups in total. The van der Waals surface area contributed by atoms with Crippen LogP contribution in [0, 0.1) is 40.9 Å². The number of imidazole rings is 2. The maximum atomic E-state index is 14.1. The molecule has 14 heteroatoms. The van der Waals surface area contributed by atoms with Crippen molar-refractivity contribution in [3.63, 3.8) is 0 Å². The number of aromatic nitrogens is 4. The number of nitrogens with zero attached hydrogens (tertiary/aromatic N) is 4. The summed E-state index contributed by atoms with van der Waals surface area (Å²) in [5.41, 5.74) is 10.3. The number of ether oxygens (including phenoxy) is 2. The van der Waals surface area contributed by atoms with Crippen molar-refractivity contribution >= 4 is 67.6 Å². The summed E-state index contributed by atoms with van der Waals surface area (Å²) in [4.78, 5) is 73.9. The highest BCUT2D eigenvalue weighted by Crippen LogP contribution is 2.90. The first-order valence-electron chi connectivity index (χ1n) is 26.1. The summed E-state index contributed by atoms with van der Waals surface area (Å²) in [6.07, 6.45) is -0.378. The fourth-order valence-electron chi connectivity index (χ4n) is 13.5. The summed E-state index contributed by atoms with van der Waals surface area (Å²) in [5, 5.41) is 10.2. The highest BCUT2D eigenvalue weighted by Gasteiger charge is 2.94. The Balaban J connectivity index is 0.715. The van der Waals surface area contributed by atoms with Gasteiger partial charge in [-0.05, 0) is 151 Å². The Morgan fingerprint density at radius 2 is 1.00 bits per heavy atom. The zero-order valence-electron chi connectivity index (χ0n) is 42.8. The van der Waals surface area contributed by atoms with Gasteiger partial charge in [0.15, 0.2) is 0 Å². The van der Waals surface area contributed by atoms with Gasteiger partial charge in [-0.3, -0.25) is 9.59 Å². The Morgan fingerprint density at radius 3 is 1.45 bits per heavy atom. The molecule has 3 aliphatic heterocycles. The van der Waals surface area contributed by atoms with Gasteiger partial charge in [0.1, 0.15) is 23.7 Å². The number of hydrogen-bond acceptors (Lipinski definition) is 8. The Kier molecular flexibility index (Phi) is 10.4. The monoisotopic (exact) mass is 988 g/mol. The second-order valence-corrected chi connectivity index (χ2v) is 22.5. The number of aromatic amines is 2. The molecule has 2 bridgehead atoms. The molecule has 2 aromatic heterocycles. The zero-order chi connectivity index (χ0) is 51.2. The number of piperidine rings is 2. The summed E-state index contributed by atoms with van der Waals surface area (Å²) >= 11 is 0. The van der Waals surface area contributed by atoms with Crippen molar-refractivity contribution in [1.29, 1.82) is 0 Å². The molecule has 14 nitrogen and oxygen atoms in total. The predicted octanol–water partition coefficient (Wildman–Crippen LogP) is 10.9. The van der Waals surface area contributed by atoms with Crippen LogP contribution in [0.5, 0.6) is 0 Å². The highest BCUT2D eigenvalue weighted by atomic mass is 16.5. The highest BCUT2D eigenvalue weighted by molar-refractivity contribution is 5.96. The predicted molar refractivity (Wildman–Crippen MR) is 285 cm³/mol. The number of carbonyl (C=O) groups excluding carboxylic acids is 4. The number of amides is 4. The third-order valence-corrected chi connectivity index (χ3v) is 17.8. The lowest BCUT2D eigenvalue weighted by atomic mass is 9.95. The third-order valence-electron chi connectivity index (χ3n) is 17.8. The molecular formula is C60H60N8O6. The summed E-state index contributed by atoms with van der Waals surface area (Å²) in [5.74, 6) is 2.85. The van der Waals surface area contributed by atoms with Crippen LogP contribution in [0.1, 0.15) is 71.7 Å². The summed E-state index contributed by atoms with van der Waals surface area (Å²) in [6.45, 7) is 12.2. The fourth-order valence-corrected chi connectivity index (χ4v) is 13.5. The van der Waals surface area contributed by atoms with Crippen LogP contribution in [-0.2, 0) is 19.1 Å². The van der Waals surface area contributed by atoms with Gasteiger partial charge in [-0.25, -0.2) is 19.6 Å². The van der Waals surface area contributed by atoms with Gasteiger partial charge in [-0.2, -0.15) is 0 Å². The molecule has 3 saturated heterocycles. The average molecular weight is 989 g/mol. The molecule has 0 spiro atoms. The van der Waals surface area contributed by atoms with Gasteiger partial charge in [-0.1, -0.05) is 102 Å². The first-order chi connectivity index (χ1) is 35.6. The van der Waals surface area contributed by atoms with Crippen molar-refractivity contribution in [2.75, 3.05) is 14.2 Å². The molecule has 376 valence electrons. The molecule has 6 aliphatic rings. The Labute approximate surface area is 428 Å². The molecule has 3 saturated carbocycles. The summed E-state index contributed by atoms with van der Waals surface area (Å²) < 4.78 is 9.72. The fraction of sp³-hybridized carbons (Fsp3) is 0.367. The lowest BCUT2D eigenvalue weighted by molar-refractivity contribution is -0.137. The van der Waals surface area contributed by atoms with E-state index in [9.17, 15) is 19.2 Å². The quantitative estimate of drug-likeness (QED) is 0.0990. The molecule has 6 aromatic carbocycles. The standard InChI is InChI=1S/C60H60N8O6/c1-28(2)49(65-58(71)73-7)56(69)67-46(27-41-30(5)51(41)67)54-61-42-19-17-39(25-44(42)63-54)37-15-13-33-21-31(9-11-35(33)23-37)32-10-12-36-24-38(16-14-34(36)22-32)40-18-20-43-45(26-40)64-55(62-43)52-47-48-53(60(47,48)6)68(52)57(70)50(29(3)4)66-59(72)74-8/h9-26,28-30,41,46-53H,27H2,1-8H3,(H,61,63)(H,62,64)(H,65,71)(H,66,72)/t30-,41+,46+,47?,48-,49+,50+,51-,52+,53+,60-/m1/s1. The number of hydrogen-bond donors (Lipinski definition) is 4. The van der Waals surface area contributed by atoms with E-state index in [1.165, 1.54) is 14.2 Å². The van der Waals surface area contributed by atoms with E-state index in [1.54, 1.807) is 0 Å². The van der Waals surface area contributed by atoms with Crippen molar-refractivity contribution in [3.05, 3.63) is 121 Å². The van der Waals surface area contributed by atoms with Crippen molar-refractivity contribution in [3.8, 4) is 33.4 Å². The van der Waals surface area contributed by atoms with Gasteiger partial charge < -0.3 is 39.9 Å². The van der Waals surface area contributed by atoms with E-state index in [-0.39, 0.29) is 53.2 Å². The topological polar surface area (TPSA) is 175 Å². The van der Waals surface area contributed by atoms with Crippen molar-refractivity contribution < 1.29 is 28.7 Å². The number of methoxy groups -OCH3 is 2. The molecule has 8 aromatic rings. The third kappa shape index (κ3) is 7.10. The molecule has 1 unspecified atom stereocenters. The molecule has 14 rings (SSSR count). The minimum Gasteiger partial charge on any atom is -0.453 e. The van der Waals surface area contributed by atoms with Crippen molar-refractivity contribution in [1.82, 2.24) is 40.4 Å². The van der Waals surface area contributed by atoms with Crippen LogP contribution < -0.4 is 10.6 Å². The number of likely N-dealkylation sites (tertiary alicyclic amines) is 1. The molecule has 4 amide bonds. The molecule has 74 heavy (non-hydrogen) atoms. The van der Waals surface area contributed by atoms with Crippen LogP contribution in [0.25, 0.3) is 77.0 Å². The Hall–Kier alpha value is -7.74. The molecule has 11 atom stereocenters. The van der Waals surface area contributed by atoms with E-state index in [4.69, 9.17) is 19.4 Å². The van der Waals surface area contributed by atoms with Gasteiger partial charge in [-0.15, -0.1) is 0 Å². The maximum Gasteiger partial charge on any atom is 0.407 e. The molecule has 0 radical (unpaired) electrons. The Bertz CT molecular complexity index is 3670. The molecule has 6 fully saturated rings. The molecule has 5 heterocycles. The van der Waals surface area contributed by atoms with Crippen LogP contribution in [0.4, 0.5) is 9.59 Å². The maximum absolute atomic E-state index is 14.1. The summed E-state index contributed by atoms with van der Waals surface area (Å²) in [6, 6.07) is 37.7. The van der Waals surface area contributed by atoms with E-state index < -0.39 is 24.3 Å². The molecular weight excluding hydrogens is 929 g/mol. The first-order valence-corrected chi connectivity index (χ1v) is 26.1. The average Bonchev–Trinajstić information content (AvgIpc) is 4.18. The van der Waals surface area contributed by atoms with E-state index in [0.29, 0.717) is 23.7 Å². The van der Waals surface area contributed by atoms with Crippen molar-refractivity contribution in [2.45, 2.75) is 84.2 Å². The minimum absolute atomic E-state index is 0.0781. The number of alkyl carbamates (subject to hydrolysis) is 2. The number of benzene rings is 6. The Morgan fingerprint density at radius 1 is 0.595 bits per heavy atom. The number of nitrogens with one attached hydrogen (secondary N) is 4. The number of H-pyrrole nitrogens is 2. The first kappa shape index (κ1) is 46.1. The van der Waals surface area contributed by atoms with Gasteiger partial charge in [0.25, 0.3) is 0 Å². The van der Waals surface area contributed by atoms with Gasteiger partial charge in [0.2, 0.25) is 11.8 Å². The second-order valence-electron chi connectivity index (χ2n) is 22.5. The van der Waals surface area contributed by atoms with Crippen LogP contribution in [-0.4, -0.2) is 92.1 Å². The minimum atomic E-state index is -0.691. The lowest BCUT2D eigenvalue weighted by Gasteiger charge is -2.32. The lowest BCUT2D eigenvalue weighted by Crippen LogP contribution is -2.52. The summed E-state index contributed by atoms with van der Waals surface area (Å²) in [7, 11) is 2.63. The smallest absolute Gasteiger partial charge is 0.407 e. The normalized spacial score (nSPS) is 25.9. The van der Waals surface area contributed by atoms with E-state index in [2.05, 4.69) is 138 Å². The molecule has 3 aliphatic carbocycles. The zero-order valence-corrected chi connectivity index (χ0v) is 42.8. The van der Waals surface area contributed by atoms with E-state index in [1.807, 2.05) is 43.6 Å². The van der Waals surface area contributed by atoms with Crippen LogP contribution in [0.3, 0.4) is 0 Å². The van der Waals surface area contributed by atoms with Crippen LogP contribution in [0.15, 0.2) is 109 Å². The number of rotatable bonds is 11. The van der Waals surface area contributed by atoms with Gasteiger partial charge >= 0.3 is 12.2 Å². The van der Waals surface area contributed by atoms with Crippen molar-refractivity contribution in [2.24, 2.45) is 40.9 Å². The number of fused-ring (bicyclic) bond motifs is 6. The van der Waals surface area contributed by atoms with E-state index >= 15 is 0 Å². The van der Waals surface area contributed by atoms with E-state index in [0.717, 1.165) is 95.1 Å². The van der Waals surface area contributed by atoms with Crippen LogP contribution >= 0.6 is 0 Å². The largest absolute Gasteiger partial charge is 0.453 e. The SMILES string of the molecule is COC(=O)N[C@H](C(=O)N1[C@H](c2nc3ccc(-c4ccc5cc(-c6ccc7cc(-c8ccc9nc([C@@H]%10C[C@H]%11[C@@H](C)[C@H]%11N%10C(=O)[C@@H](NC(=O)OC)C(C)C)[nH]c9c8)ccc7c6)ccc5c4)cc3[nH]2)C2[C@@H]3[C@H]1[C@]23C)C(C)C. The van der Waals surface area contributed by atoms with Gasteiger partial charge in [0.05, 0.1) is 48.4 Å². The van der Waals surface area contributed by atoms with Crippen LogP contribution in [0.2, 0.25) is 0 Å². The number of carbonyl (C=O) groups is 4. The van der Waals surface area contributed by atoms with Gasteiger partial charge in [0, 0.05) is 12.1 Å². The second kappa shape index (κ2) is 16.6.